The van der Waals surface area contributed by atoms with Gasteiger partial charge in [-0.3, -0.25) is 9.30 Å². The zero-order valence-electron chi connectivity index (χ0n) is 19.0. The summed E-state index contributed by atoms with van der Waals surface area (Å²) in [7, 11) is 0. The van der Waals surface area contributed by atoms with Crippen LogP contribution >= 0.6 is 0 Å². The summed E-state index contributed by atoms with van der Waals surface area (Å²) in [6.45, 7) is 3.02. The Morgan fingerprint density at radius 3 is 2.71 bits per heavy atom. The number of aromatic nitrogens is 4. The van der Waals surface area contributed by atoms with Crippen LogP contribution in [0.15, 0.2) is 42.6 Å². The van der Waals surface area contributed by atoms with Gasteiger partial charge in [-0.1, -0.05) is 12.1 Å². The molecule has 0 radical (unpaired) electrons. The van der Waals surface area contributed by atoms with Gasteiger partial charge in [0.05, 0.1) is 12.1 Å². The summed E-state index contributed by atoms with van der Waals surface area (Å²) in [6.07, 6.45) is -2.42. The summed E-state index contributed by atoms with van der Waals surface area (Å²) < 4.78 is 63.6. The molecule has 1 aliphatic rings. The quantitative estimate of drug-likeness (QED) is 0.406. The van der Waals surface area contributed by atoms with Gasteiger partial charge in [0.25, 0.3) is 0 Å². The minimum atomic E-state index is -4.47. The normalized spacial score (nSPS) is 17.9. The molecule has 1 unspecified atom stereocenters. The highest BCUT2D eigenvalue weighted by molar-refractivity contribution is 5.82. The molecule has 0 bridgehead atoms. The summed E-state index contributed by atoms with van der Waals surface area (Å²) in [6, 6.07) is 7.33. The van der Waals surface area contributed by atoms with E-state index in [1.807, 2.05) is 0 Å². The average molecular weight is 488 g/mol. The van der Waals surface area contributed by atoms with Gasteiger partial charge in [0.15, 0.2) is 23.0 Å². The molecule has 0 amide bonds. The molecule has 3 aromatic heterocycles. The minimum absolute atomic E-state index is 0.0438. The molecule has 1 aromatic carbocycles. The van der Waals surface area contributed by atoms with Gasteiger partial charge >= 0.3 is 6.18 Å². The van der Waals surface area contributed by atoms with E-state index in [0.29, 0.717) is 54.9 Å². The smallest absolute Gasteiger partial charge is 0.408 e. The minimum Gasteiger partial charge on any atom is -0.491 e. The molecule has 0 aliphatic carbocycles. The van der Waals surface area contributed by atoms with Crippen molar-refractivity contribution in [2.24, 2.45) is 11.7 Å². The molecule has 184 valence electrons. The molecule has 7 nitrogen and oxygen atoms in total. The Morgan fingerprint density at radius 2 is 2.00 bits per heavy atom. The van der Waals surface area contributed by atoms with Gasteiger partial charge in [-0.2, -0.15) is 13.2 Å². The van der Waals surface area contributed by atoms with E-state index in [1.54, 1.807) is 19.1 Å². The summed E-state index contributed by atoms with van der Waals surface area (Å²) >= 11 is 0. The fourth-order valence-electron chi connectivity index (χ4n) is 4.65. The molecule has 1 aliphatic heterocycles. The van der Waals surface area contributed by atoms with Crippen LogP contribution in [0.2, 0.25) is 0 Å². The molecule has 5 rings (SSSR count). The first-order chi connectivity index (χ1) is 16.8. The maximum absolute atomic E-state index is 14.2. The number of pyridine rings is 2. The van der Waals surface area contributed by atoms with Crippen LogP contribution in [0.25, 0.3) is 28.1 Å². The first-order valence-electron chi connectivity index (χ1n) is 11.4. The van der Waals surface area contributed by atoms with Crippen LogP contribution in [0, 0.1) is 11.7 Å². The molecule has 2 N–H and O–H groups in total. The lowest BCUT2D eigenvalue weighted by atomic mass is 10.1. The highest BCUT2D eigenvalue weighted by atomic mass is 19.4. The number of likely N-dealkylation sites (tertiary alicyclic amines) is 1. The van der Waals surface area contributed by atoms with Gasteiger partial charge in [0.1, 0.15) is 11.7 Å². The molecule has 2 atom stereocenters. The molecule has 0 saturated carbocycles. The van der Waals surface area contributed by atoms with Crippen molar-refractivity contribution < 1.29 is 22.3 Å². The number of nitrogens with two attached hydrogens (primary N) is 1. The van der Waals surface area contributed by atoms with E-state index in [4.69, 9.17) is 10.5 Å². The van der Waals surface area contributed by atoms with Crippen molar-refractivity contribution in [3.63, 3.8) is 0 Å². The van der Waals surface area contributed by atoms with Crippen LogP contribution in [0.5, 0.6) is 5.75 Å². The van der Waals surface area contributed by atoms with Crippen molar-refractivity contribution in [3.8, 4) is 17.3 Å². The molecule has 1 fully saturated rings. The molecule has 0 spiro atoms. The Balaban J connectivity index is 1.57. The van der Waals surface area contributed by atoms with Crippen molar-refractivity contribution in [1.29, 1.82) is 0 Å². The van der Waals surface area contributed by atoms with Gasteiger partial charge in [-0.25, -0.2) is 9.37 Å². The number of fused-ring (bicyclic) bond motifs is 2. The van der Waals surface area contributed by atoms with Crippen molar-refractivity contribution in [2.75, 3.05) is 26.2 Å². The zero-order chi connectivity index (χ0) is 24.7. The number of benzene rings is 1. The number of hydrogen-bond acceptors (Lipinski definition) is 6. The lowest BCUT2D eigenvalue weighted by Crippen LogP contribution is -2.37. The van der Waals surface area contributed by atoms with E-state index in [2.05, 4.69) is 15.2 Å². The highest BCUT2D eigenvalue weighted by Gasteiger charge is 2.46. The molecule has 11 heteroatoms. The molecule has 4 heterocycles. The van der Waals surface area contributed by atoms with Crippen molar-refractivity contribution >= 4 is 16.6 Å². The van der Waals surface area contributed by atoms with Gasteiger partial charge in [-0.05, 0) is 56.1 Å². The van der Waals surface area contributed by atoms with E-state index in [-0.39, 0.29) is 23.1 Å². The van der Waals surface area contributed by atoms with Crippen LogP contribution in [0.4, 0.5) is 17.6 Å². The maximum atomic E-state index is 14.2. The number of nitrogens with zero attached hydrogens (tertiary/aromatic N) is 5. The van der Waals surface area contributed by atoms with E-state index in [0.717, 1.165) is 0 Å². The topological polar surface area (TPSA) is 81.6 Å². The summed E-state index contributed by atoms with van der Waals surface area (Å²) in [5.41, 5.74) is 7.04. The Hall–Kier alpha value is -3.31. The van der Waals surface area contributed by atoms with E-state index in [9.17, 15) is 17.6 Å². The van der Waals surface area contributed by atoms with Gasteiger partial charge in [0.2, 0.25) is 0 Å². The largest absolute Gasteiger partial charge is 0.491 e. The van der Waals surface area contributed by atoms with Gasteiger partial charge in [-0.15, -0.1) is 10.2 Å². The number of hydrogen-bond donors (Lipinski definition) is 1. The maximum Gasteiger partial charge on any atom is 0.408 e. The molecule has 4 aromatic rings. The third-order valence-corrected chi connectivity index (χ3v) is 6.34. The molecular weight excluding hydrogens is 464 g/mol. The second kappa shape index (κ2) is 9.04. The second-order valence-corrected chi connectivity index (χ2v) is 8.65. The number of halogens is 4. The highest BCUT2D eigenvalue weighted by Crippen LogP contribution is 2.40. The van der Waals surface area contributed by atoms with Crippen LogP contribution in [0.3, 0.4) is 0 Å². The first-order valence-corrected chi connectivity index (χ1v) is 11.4. The van der Waals surface area contributed by atoms with Gasteiger partial charge < -0.3 is 10.5 Å². The summed E-state index contributed by atoms with van der Waals surface area (Å²) in [5, 5.41) is 8.83. The molecule has 35 heavy (non-hydrogen) atoms. The van der Waals surface area contributed by atoms with Crippen LogP contribution in [-0.2, 0) is 0 Å². The van der Waals surface area contributed by atoms with Crippen molar-refractivity contribution in [3.05, 3.63) is 54.0 Å². The predicted molar refractivity (Wildman–Crippen MR) is 122 cm³/mol. The zero-order valence-corrected chi connectivity index (χ0v) is 19.0. The SMILES string of the molecule is CCOc1cc2nc(-c3nnc4ccc([C@H](N5CCC(CN)C5)C(F)(F)F)cn34)ccc2cc1F. The molecular formula is C24H24F4N6O. The Bertz CT molecular complexity index is 1370. The third-order valence-electron chi connectivity index (χ3n) is 6.34. The van der Waals surface area contributed by atoms with Crippen molar-refractivity contribution in [1.82, 2.24) is 24.5 Å². The lowest BCUT2D eigenvalue weighted by molar-refractivity contribution is -0.184. The number of ether oxygens (including phenoxy) is 1. The van der Waals surface area contributed by atoms with Crippen molar-refractivity contribution in [2.45, 2.75) is 25.6 Å². The van der Waals surface area contributed by atoms with E-state index in [1.165, 1.54) is 39.8 Å². The Morgan fingerprint density at radius 1 is 1.17 bits per heavy atom. The van der Waals surface area contributed by atoms with Crippen LogP contribution in [0.1, 0.15) is 24.9 Å². The third kappa shape index (κ3) is 4.41. The standard InChI is InChI=1S/C24H24F4N6O/c1-2-35-20-10-19-15(9-17(20)25)3-5-18(30-19)23-32-31-21-6-4-16(13-34(21)23)22(24(26,27)28)33-8-7-14(11-29)12-33/h3-6,9-10,13-14,22H,2,7-8,11-12,29H2,1H3/t14?,22-/m0/s1. The predicted octanol–water partition coefficient (Wildman–Crippen LogP) is 4.37. The number of alkyl halides is 3. The van der Waals surface area contributed by atoms with Crippen LogP contribution < -0.4 is 10.5 Å². The Labute approximate surface area is 198 Å². The number of rotatable bonds is 6. The second-order valence-electron chi connectivity index (χ2n) is 8.65. The van der Waals surface area contributed by atoms with Gasteiger partial charge in [0, 0.05) is 24.2 Å². The average Bonchev–Trinajstić information content (AvgIpc) is 3.46. The van der Waals surface area contributed by atoms with Crippen LogP contribution in [-0.4, -0.2) is 56.9 Å². The molecule has 1 saturated heterocycles. The summed E-state index contributed by atoms with van der Waals surface area (Å²) in [5.74, 6) is -0.0913. The van der Waals surface area contributed by atoms with E-state index >= 15 is 0 Å². The Kier molecular flexibility index (Phi) is 6.06. The monoisotopic (exact) mass is 488 g/mol. The fraction of sp³-hybridized carbons (Fsp3) is 0.375. The first kappa shape index (κ1) is 23.4. The summed E-state index contributed by atoms with van der Waals surface area (Å²) in [4.78, 5) is 5.99. The lowest BCUT2D eigenvalue weighted by Gasteiger charge is -2.30. The van der Waals surface area contributed by atoms with E-state index < -0.39 is 18.0 Å². The fourth-order valence-corrected chi connectivity index (χ4v) is 4.65.